The van der Waals surface area contributed by atoms with Gasteiger partial charge in [0.25, 0.3) is 0 Å². The van der Waals surface area contributed by atoms with Crippen molar-refractivity contribution in [2.24, 2.45) is 5.73 Å². The summed E-state index contributed by atoms with van der Waals surface area (Å²) < 4.78 is 26.3. The zero-order valence-corrected chi connectivity index (χ0v) is 12.5. The van der Waals surface area contributed by atoms with E-state index in [1.54, 1.807) is 6.20 Å². The number of carbonyl (C=O) groups is 1. The second-order valence-electron chi connectivity index (χ2n) is 4.96. The van der Waals surface area contributed by atoms with Crippen LogP contribution < -0.4 is 5.73 Å². The molecule has 23 heavy (non-hydrogen) atoms. The van der Waals surface area contributed by atoms with Crippen LogP contribution in [0.2, 0.25) is 0 Å². The lowest BCUT2D eigenvalue weighted by Gasteiger charge is -2.03. The summed E-state index contributed by atoms with van der Waals surface area (Å²) in [6.07, 6.45) is 6.80. The fourth-order valence-electron chi connectivity index (χ4n) is 1.93. The minimum Gasteiger partial charge on any atom is -0.399 e. The van der Waals surface area contributed by atoms with E-state index in [-0.39, 0.29) is 23.5 Å². The Balaban J connectivity index is 0.000000182. The number of nitrogens with one attached hydrogen (secondary N) is 1. The monoisotopic (exact) mass is 318 g/mol. The predicted octanol–water partition coefficient (Wildman–Crippen LogP) is 2.90. The topological polar surface area (TPSA) is 84.7 Å². The van der Waals surface area contributed by atoms with Crippen LogP contribution in [0.1, 0.15) is 13.3 Å². The number of allylic oxidation sites excluding steroid dienone is 5. The number of H-pyrrole nitrogens is 1. The first-order valence-corrected chi connectivity index (χ1v) is 6.88. The highest BCUT2D eigenvalue weighted by Crippen LogP contribution is 2.22. The Bertz CT molecular complexity index is 762. The second kappa shape index (κ2) is 7.44. The molecule has 0 radical (unpaired) electrons. The van der Waals surface area contributed by atoms with E-state index in [0.717, 1.165) is 23.2 Å². The molecule has 1 aliphatic carbocycles. The molecule has 5 nitrogen and oxygen atoms in total. The van der Waals surface area contributed by atoms with E-state index in [9.17, 15) is 13.6 Å². The van der Waals surface area contributed by atoms with Gasteiger partial charge in [-0.2, -0.15) is 0 Å². The summed E-state index contributed by atoms with van der Waals surface area (Å²) in [5, 5.41) is 1.05. The summed E-state index contributed by atoms with van der Waals surface area (Å²) in [5.74, 6) is -0.823. The molecule has 2 aromatic heterocycles. The molecular weight excluding hydrogens is 302 g/mol. The minimum atomic E-state index is -1.52. The van der Waals surface area contributed by atoms with Gasteiger partial charge in [-0.15, -0.1) is 0 Å². The summed E-state index contributed by atoms with van der Waals surface area (Å²) in [6.45, 7) is 1.32. The van der Waals surface area contributed by atoms with Crippen molar-refractivity contribution in [1.82, 2.24) is 15.0 Å². The number of alkyl halides is 1. The lowest BCUT2D eigenvalue weighted by molar-refractivity contribution is -0.116. The molecule has 0 aromatic carbocycles. The van der Waals surface area contributed by atoms with Crippen molar-refractivity contribution in [2.45, 2.75) is 19.5 Å². The number of fused-ring (bicyclic) bond motifs is 1. The van der Waals surface area contributed by atoms with E-state index in [1.807, 2.05) is 12.3 Å². The number of ketones is 1. The molecule has 120 valence electrons. The normalized spacial score (nSPS) is 17.3. The molecule has 0 saturated carbocycles. The lowest BCUT2D eigenvalue weighted by atomic mass is 10.1. The van der Waals surface area contributed by atoms with Crippen molar-refractivity contribution in [3.05, 3.63) is 60.1 Å². The van der Waals surface area contributed by atoms with Crippen LogP contribution >= 0.6 is 0 Å². The Morgan fingerprint density at radius 2 is 2.22 bits per heavy atom. The van der Waals surface area contributed by atoms with Gasteiger partial charge in [-0.05, 0) is 36.8 Å². The molecule has 3 rings (SSSR count). The molecule has 1 atom stereocenters. The first-order chi connectivity index (χ1) is 11.0. The number of halogens is 2. The van der Waals surface area contributed by atoms with Gasteiger partial charge >= 0.3 is 0 Å². The standard InChI is InChI=1S/C10H11F2NO.C6H5N3/c1-6(14)4-7-5-9(12)10(13)3-2-8(7)11;1-2-8-6-5(1)3-7-4-9-6/h2-3,5,9H,4,13H2,1H3;1-4H,(H,7,8,9). The van der Waals surface area contributed by atoms with E-state index in [4.69, 9.17) is 5.73 Å². The van der Waals surface area contributed by atoms with Gasteiger partial charge in [0.15, 0.2) is 6.17 Å². The first kappa shape index (κ1) is 16.5. The molecule has 2 aromatic rings. The van der Waals surface area contributed by atoms with Crippen LogP contribution in [0.4, 0.5) is 8.78 Å². The van der Waals surface area contributed by atoms with Gasteiger partial charge in [0, 0.05) is 29.9 Å². The average Bonchev–Trinajstić information content (AvgIpc) is 2.96. The number of nitrogens with zero attached hydrogens (tertiary/aromatic N) is 2. The molecule has 0 aliphatic heterocycles. The summed E-state index contributed by atoms with van der Waals surface area (Å²) in [7, 11) is 0. The number of hydrogen-bond acceptors (Lipinski definition) is 4. The molecule has 7 heteroatoms. The van der Waals surface area contributed by atoms with Crippen LogP contribution in [0.5, 0.6) is 0 Å². The summed E-state index contributed by atoms with van der Waals surface area (Å²) in [4.78, 5) is 21.5. The zero-order valence-electron chi connectivity index (χ0n) is 12.5. The number of nitrogens with two attached hydrogens (primary N) is 1. The van der Waals surface area contributed by atoms with Crippen LogP contribution in [0, 0.1) is 0 Å². The molecule has 0 saturated heterocycles. The minimum absolute atomic E-state index is 0.0568. The maximum Gasteiger partial charge on any atom is 0.158 e. The number of aromatic nitrogens is 3. The number of carbonyl (C=O) groups excluding carboxylic acids is 1. The Morgan fingerprint density at radius 1 is 1.43 bits per heavy atom. The molecule has 2 heterocycles. The number of hydrogen-bond donors (Lipinski definition) is 2. The Kier molecular flexibility index (Phi) is 5.35. The quantitative estimate of drug-likeness (QED) is 0.891. The first-order valence-electron chi connectivity index (χ1n) is 6.88. The molecule has 0 amide bonds. The van der Waals surface area contributed by atoms with Crippen LogP contribution in [0.3, 0.4) is 0 Å². The van der Waals surface area contributed by atoms with Gasteiger partial charge in [-0.1, -0.05) is 0 Å². The van der Waals surface area contributed by atoms with Gasteiger partial charge in [-0.25, -0.2) is 18.7 Å². The van der Waals surface area contributed by atoms with Crippen molar-refractivity contribution in [1.29, 1.82) is 0 Å². The zero-order chi connectivity index (χ0) is 16.8. The maximum absolute atomic E-state index is 13.2. The molecule has 0 spiro atoms. The SMILES string of the molecule is CC(=O)CC1=CC(F)C(N)=CC=C1F.c1ncc2cc[nH]c2n1. The Labute approximate surface area is 131 Å². The van der Waals surface area contributed by atoms with Crippen LogP contribution in [-0.2, 0) is 4.79 Å². The largest absolute Gasteiger partial charge is 0.399 e. The van der Waals surface area contributed by atoms with E-state index >= 15 is 0 Å². The van der Waals surface area contributed by atoms with E-state index in [2.05, 4.69) is 15.0 Å². The predicted molar refractivity (Wildman–Crippen MR) is 83.6 cm³/mol. The van der Waals surface area contributed by atoms with E-state index in [1.165, 1.54) is 19.3 Å². The highest BCUT2D eigenvalue weighted by Gasteiger charge is 2.15. The van der Waals surface area contributed by atoms with Crippen LogP contribution in [0.15, 0.2) is 60.1 Å². The third kappa shape index (κ3) is 4.57. The van der Waals surface area contributed by atoms with Gasteiger partial charge in [0.05, 0.1) is 0 Å². The van der Waals surface area contributed by atoms with E-state index < -0.39 is 12.0 Å². The van der Waals surface area contributed by atoms with Crippen LogP contribution in [-0.4, -0.2) is 26.9 Å². The molecule has 0 fully saturated rings. The third-order valence-corrected chi connectivity index (χ3v) is 3.06. The van der Waals surface area contributed by atoms with Crippen molar-refractivity contribution < 1.29 is 13.6 Å². The summed E-state index contributed by atoms with van der Waals surface area (Å²) in [6, 6.07) is 1.94. The molecular formula is C16H16F2N4O. The number of rotatable bonds is 2. The highest BCUT2D eigenvalue weighted by molar-refractivity contribution is 5.79. The van der Waals surface area contributed by atoms with E-state index in [0.29, 0.717) is 0 Å². The number of Topliss-reactive ketones (excluding diaryl/α,β-unsaturated/α-hetero) is 1. The highest BCUT2D eigenvalue weighted by atomic mass is 19.1. The van der Waals surface area contributed by atoms with Crippen molar-refractivity contribution in [2.75, 3.05) is 0 Å². The fraction of sp³-hybridized carbons (Fsp3) is 0.188. The smallest absolute Gasteiger partial charge is 0.158 e. The van der Waals surface area contributed by atoms with Crippen molar-refractivity contribution in [3.8, 4) is 0 Å². The van der Waals surface area contributed by atoms with Gasteiger partial charge < -0.3 is 10.7 Å². The van der Waals surface area contributed by atoms with Crippen molar-refractivity contribution >= 4 is 16.8 Å². The van der Waals surface area contributed by atoms with Gasteiger partial charge in [0.1, 0.15) is 23.6 Å². The summed E-state index contributed by atoms with van der Waals surface area (Å²) >= 11 is 0. The Hall–Kier alpha value is -2.83. The second-order valence-corrected chi connectivity index (χ2v) is 4.96. The molecule has 1 unspecified atom stereocenters. The van der Waals surface area contributed by atoms with Crippen molar-refractivity contribution in [3.63, 3.8) is 0 Å². The molecule has 1 aliphatic rings. The van der Waals surface area contributed by atoms with Gasteiger partial charge in [-0.3, -0.25) is 4.79 Å². The van der Waals surface area contributed by atoms with Gasteiger partial charge in [0.2, 0.25) is 0 Å². The summed E-state index contributed by atoms with van der Waals surface area (Å²) in [5.41, 5.74) is 6.17. The van der Waals surface area contributed by atoms with Crippen LogP contribution in [0.25, 0.3) is 11.0 Å². The fourth-order valence-corrected chi connectivity index (χ4v) is 1.93. The third-order valence-electron chi connectivity index (χ3n) is 3.06. The Morgan fingerprint density at radius 3 is 2.91 bits per heavy atom. The molecule has 0 bridgehead atoms. The average molecular weight is 318 g/mol. The molecule has 3 N–H and O–H groups in total. The number of aromatic amines is 1. The lowest BCUT2D eigenvalue weighted by Crippen LogP contribution is -2.10. The maximum atomic E-state index is 13.2.